The summed E-state index contributed by atoms with van der Waals surface area (Å²) in [6.07, 6.45) is 7.04. The first-order valence-electron chi connectivity index (χ1n) is 10.1. The zero-order valence-electron chi connectivity index (χ0n) is 16.3. The number of unbranched alkanes of at least 4 members (excludes halogenated alkanes) is 2. The SMILES string of the molecule is CCCCCc1ccc(NC(=O)N2CCC(N(CC)CC)CC2)cc1. The summed E-state index contributed by atoms with van der Waals surface area (Å²) < 4.78 is 0. The number of nitrogens with one attached hydrogen (secondary N) is 1. The summed E-state index contributed by atoms with van der Waals surface area (Å²) >= 11 is 0. The number of piperidine rings is 1. The highest BCUT2D eigenvalue weighted by Crippen LogP contribution is 2.18. The van der Waals surface area contributed by atoms with E-state index in [1.807, 2.05) is 17.0 Å². The lowest BCUT2D eigenvalue weighted by Gasteiger charge is -2.37. The van der Waals surface area contributed by atoms with E-state index < -0.39 is 0 Å². The van der Waals surface area contributed by atoms with E-state index in [0.29, 0.717) is 6.04 Å². The zero-order valence-corrected chi connectivity index (χ0v) is 16.3. The zero-order chi connectivity index (χ0) is 18.1. The molecule has 1 aromatic carbocycles. The standard InChI is InChI=1S/C21H35N3O/c1-4-7-8-9-18-10-12-19(13-11-18)22-21(25)24-16-14-20(15-17-24)23(5-2)6-3/h10-13,20H,4-9,14-17H2,1-3H3,(H,22,25). The van der Waals surface area contributed by atoms with E-state index in [0.717, 1.165) is 51.1 Å². The van der Waals surface area contributed by atoms with Gasteiger partial charge >= 0.3 is 6.03 Å². The second kappa shape index (κ2) is 10.4. The molecular weight excluding hydrogens is 310 g/mol. The summed E-state index contributed by atoms with van der Waals surface area (Å²) in [4.78, 5) is 16.9. The molecule has 1 aliphatic rings. The van der Waals surface area contributed by atoms with Gasteiger partial charge in [-0.2, -0.15) is 0 Å². The van der Waals surface area contributed by atoms with Crippen LogP contribution in [0.2, 0.25) is 0 Å². The first kappa shape index (κ1) is 19.8. The van der Waals surface area contributed by atoms with Gasteiger partial charge in [0, 0.05) is 24.8 Å². The molecule has 140 valence electrons. The molecule has 4 nitrogen and oxygen atoms in total. The average molecular weight is 346 g/mol. The number of carbonyl (C=O) groups excluding carboxylic acids is 1. The highest BCUT2D eigenvalue weighted by molar-refractivity contribution is 5.89. The average Bonchev–Trinajstić information content (AvgIpc) is 2.65. The molecule has 0 aliphatic carbocycles. The van der Waals surface area contributed by atoms with Crippen LogP contribution in [0.4, 0.5) is 10.5 Å². The van der Waals surface area contributed by atoms with Gasteiger partial charge in [-0.1, -0.05) is 45.7 Å². The van der Waals surface area contributed by atoms with Crippen LogP contribution in [-0.4, -0.2) is 48.1 Å². The fraction of sp³-hybridized carbons (Fsp3) is 0.667. The van der Waals surface area contributed by atoms with Gasteiger partial charge in [0.05, 0.1) is 0 Å². The van der Waals surface area contributed by atoms with Crippen molar-refractivity contribution < 1.29 is 4.79 Å². The van der Waals surface area contributed by atoms with Gasteiger partial charge in [0.2, 0.25) is 0 Å². The first-order valence-corrected chi connectivity index (χ1v) is 10.1. The van der Waals surface area contributed by atoms with Crippen molar-refractivity contribution in [2.75, 3.05) is 31.5 Å². The van der Waals surface area contributed by atoms with Crippen LogP contribution in [0.3, 0.4) is 0 Å². The number of nitrogens with zero attached hydrogens (tertiary/aromatic N) is 2. The first-order chi connectivity index (χ1) is 12.2. The van der Waals surface area contributed by atoms with E-state index in [1.165, 1.54) is 24.8 Å². The van der Waals surface area contributed by atoms with E-state index in [9.17, 15) is 4.79 Å². The van der Waals surface area contributed by atoms with Gasteiger partial charge in [0.15, 0.2) is 0 Å². The number of hydrogen-bond donors (Lipinski definition) is 1. The fourth-order valence-corrected chi connectivity index (χ4v) is 3.71. The van der Waals surface area contributed by atoms with Gasteiger partial charge in [-0.05, 0) is 56.5 Å². The minimum absolute atomic E-state index is 0.0386. The topological polar surface area (TPSA) is 35.6 Å². The minimum atomic E-state index is 0.0386. The highest BCUT2D eigenvalue weighted by atomic mass is 16.2. The molecule has 2 amide bonds. The Bertz CT molecular complexity index is 502. The molecule has 0 bridgehead atoms. The van der Waals surface area contributed by atoms with Crippen molar-refractivity contribution in [3.8, 4) is 0 Å². The summed E-state index contributed by atoms with van der Waals surface area (Å²) in [5.74, 6) is 0. The Hall–Kier alpha value is -1.55. The molecule has 0 saturated carbocycles. The van der Waals surface area contributed by atoms with Crippen LogP contribution in [-0.2, 0) is 6.42 Å². The lowest BCUT2D eigenvalue weighted by Crippen LogP contribution is -2.47. The maximum absolute atomic E-state index is 12.5. The second-order valence-electron chi connectivity index (χ2n) is 7.02. The molecule has 1 aliphatic heterocycles. The van der Waals surface area contributed by atoms with Crippen LogP contribution in [0.25, 0.3) is 0 Å². The molecule has 4 heteroatoms. The van der Waals surface area contributed by atoms with E-state index in [2.05, 4.69) is 43.1 Å². The molecule has 1 aromatic rings. The highest BCUT2D eigenvalue weighted by Gasteiger charge is 2.25. The van der Waals surface area contributed by atoms with Gasteiger partial charge in [0.25, 0.3) is 0 Å². The van der Waals surface area contributed by atoms with Gasteiger partial charge in [-0.25, -0.2) is 4.79 Å². The molecule has 0 aromatic heterocycles. The molecule has 25 heavy (non-hydrogen) atoms. The van der Waals surface area contributed by atoms with E-state index in [-0.39, 0.29) is 6.03 Å². The maximum atomic E-state index is 12.5. The number of likely N-dealkylation sites (tertiary alicyclic amines) is 1. The summed E-state index contributed by atoms with van der Waals surface area (Å²) in [6.45, 7) is 10.5. The molecule has 2 rings (SSSR count). The number of benzene rings is 1. The molecule has 0 atom stereocenters. The molecule has 1 fully saturated rings. The smallest absolute Gasteiger partial charge is 0.321 e. The Labute approximate surface area is 153 Å². The van der Waals surface area contributed by atoms with Crippen LogP contribution in [0.1, 0.15) is 58.4 Å². The molecular formula is C21H35N3O. The number of hydrogen-bond acceptors (Lipinski definition) is 2. The Morgan fingerprint density at radius 3 is 2.28 bits per heavy atom. The molecule has 1 heterocycles. The Morgan fingerprint density at radius 2 is 1.72 bits per heavy atom. The quantitative estimate of drug-likeness (QED) is 0.690. The number of anilines is 1. The minimum Gasteiger partial charge on any atom is -0.324 e. The summed E-state index contributed by atoms with van der Waals surface area (Å²) in [5.41, 5.74) is 2.25. The monoisotopic (exact) mass is 345 g/mol. The van der Waals surface area contributed by atoms with Gasteiger partial charge in [-0.15, -0.1) is 0 Å². The van der Waals surface area contributed by atoms with Gasteiger partial charge < -0.3 is 15.1 Å². The van der Waals surface area contributed by atoms with Crippen molar-refractivity contribution in [2.45, 2.75) is 65.3 Å². The molecule has 0 spiro atoms. The van der Waals surface area contributed by atoms with Crippen LogP contribution < -0.4 is 5.32 Å². The van der Waals surface area contributed by atoms with E-state index in [4.69, 9.17) is 0 Å². The van der Waals surface area contributed by atoms with E-state index in [1.54, 1.807) is 0 Å². The molecule has 0 unspecified atom stereocenters. The predicted molar refractivity (Wildman–Crippen MR) is 106 cm³/mol. The third kappa shape index (κ3) is 6.03. The number of amides is 2. The summed E-state index contributed by atoms with van der Waals surface area (Å²) in [5, 5.41) is 3.05. The van der Waals surface area contributed by atoms with Gasteiger partial charge in [0.1, 0.15) is 0 Å². The number of rotatable bonds is 8. The Morgan fingerprint density at radius 1 is 1.08 bits per heavy atom. The molecule has 1 N–H and O–H groups in total. The third-order valence-corrected chi connectivity index (χ3v) is 5.35. The third-order valence-electron chi connectivity index (χ3n) is 5.35. The Kier molecular flexibility index (Phi) is 8.26. The van der Waals surface area contributed by atoms with Crippen molar-refractivity contribution in [3.63, 3.8) is 0 Å². The molecule has 0 radical (unpaired) electrons. The lowest BCUT2D eigenvalue weighted by atomic mass is 10.0. The number of urea groups is 1. The Balaban J connectivity index is 1.78. The van der Waals surface area contributed by atoms with Crippen LogP contribution in [0.15, 0.2) is 24.3 Å². The normalized spacial score (nSPS) is 15.6. The fourth-order valence-electron chi connectivity index (χ4n) is 3.71. The van der Waals surface area contributed by atoms with Gasteiger partial charge in [-0.3, -0.25) is 0 Å². The largest absolute Gasteiger partial charge is 0.324 e. The molecule has 1 saturated heterocycles. The van der Waals surface area contributed by atoms with Crippen molar-refractivity contribution in [1.29, 1.82) is 0 Å². The second-order valence-corrected chi connectivity index (χ2v) is 7.02. The van der Waals surface area contributed by atoms with E-state index >= 15 is 0 Å². The maximum Gasteiger partial charge on any atom is 0.321 e. The summed E-state index contributed by atoms with van der Waals surface area (Å²) in [7, 11) is 0. The lowest BCUT2D eigenvalue weighted by molar-refractivity contribution is 0.130. The van der Waals surface area contributed by atoms with Crippen molar-refractivity contribution in [2.24, 2.45) is 0 Å². The predicted octanol–water partition coefficient (Wildman–Crippen LogP) is 4.76. The number of aryl methyl sites for hydroxylation is 1. The number of carbonyl (C=O) groups is 1. The van der Waals surface area contributed by atoms with Crippen LogP contribution in [0.5, 0.6) is 0 Å². The van der Waals surface area contributed by atoms with Crippen molar-refractivity contribution in [1.82, 2.24) is 9.80 Å². The van der Waals surface area contributed by atoms with Crippen LogP contribution in [0, 0.1) is 0 Å². The van der Waals surface area contributed by atoms with Crippen molar-refractivity contribution >= 4 is 11.7 Å². The van der Waals surface area contributed by atoms with Crippen LogP contribution >= 0.6 is 0 Å². The van der Waals surface area contributed by atoms with Crippen molar-refractivity contribution in [3.05, 3.63) is 29.8 Å². The summed E-state index contributed by atoms with van der Waals surface area (Å²) in [6, 6.07) is 9.00.